The predicted molar refractivity (Wildman–Crippen MR) is 99.3 cm³/mol. The lowest BCUT2D eigenvalue weighted by Crippen LogP contribution is -2.46. The smallest absolute Gasteiger partial charge is 0.264 e. The van der Waals surface area contributed by atoms with Gasteiger partial charge >= 0.3 is 0 Å². The minimum Gasteiger partial charge on any atom is -0.457 e. The Balaban J connectivity index is 1.72. The van der Waals surface area contributed by atoms with E-state index in [9.17, 15) is 18.4 Å². The summed E-state index contributed by atoms with van der Waals surface area (Å²) in [4.78, 5) is 12.0. The zero-order valence-electron chi connectivity index (χ0n) is 14.1. The van der Waals surface area contributed by atoms with Crippen molar-refractivity contribution < 1.29 is 23.2 Å². The zero-order valence-corrected chi connectivity index (χ0v) is 15.7. The van der Waals surface area contributed by atoms with E-state index in [4.69, 9.17) is 16.3 Å². The number of ether oxygens (including phenoxy) is 1. The number of amides is 1. The maximum atomic E-state index is 12.5. The van der Waals surface area contributed by atoms with Gasteiger partial charge < -0.3 is 4.74 Å². The molecular weight excluding hydrogens is 392 g/mol. The summed E-state index contributed by atoms with van der Waals surface area (Å²) in [6.07, 6.45) is 3.40. The molecule has 0 saturated carbocycles. The van der Waals surface area contributed by atoms with Crippen LogP contribution in [0.25, 0.3) is 0 Å². The van der Waals surface area contributed by atoms with E-state index < -0.39 is 22.0 Å². The van der Waals surface area contributed by atoms with Gasteiger partial charge in [-0.15, -0.1) is 0 Å². The van der Waals surface area contributed by atoms with Crippen LogP contribution in [-0.4, -0.2) is 37.2 Å². The molecule has 0 fully saturated rings. The van der Waals surface area contributed by atoms with Gasteiger partial charge in [-0.25, -0.2) is 13.5 Å². The number of rotatable bonds is 5. The molecule has 0 bridgehead atoms. The first-order valence-corrected chi connectivity index (χ1v) is 9.92. The Morgan fingerprint density at radius 2 is 1.63 bits per heavy atom. The van der Waals surface area contributed by atoms with Crippen LogP contribution in [0.5, 0.6) is 11.5 Å². The molecule has 27 heavy (non-hydrogen) atoms. The fourth-order valence-corrected chi connectivity index (χ4v) is 3.78. The second-order valence-corrected chi connectivity index (χ2v) is 7.98. The molecule has 9 heteroatoms. The summed E-state index contributed by atoms with van der Waals surface area (Å²) < 4.78 is 33.0. The Morgan fingerprint density at radius 1 is 1.04 bits per heavy atom. The van der Waals surface area contributed by atoms with Gasteiger partial charge in [-0.2, -0.15) is 4.72 Å². The van der Waals surface area contributed by atoms with Crippen LogP contribution in [0.15, 0.2) is 65.6 Å². The Labute approximate surface area is 161 Å². The normalized spacial score (nSPS) is 17.6. The second-order valence-electron chi connectivity index (χ2n) is 5.83. The molecule has 0 saturated heterocycles. The monoisotopic (exact) mass is 408 g/mol. The Kier molecular flexibility index (Phi) is 5.81. The molecule has 0 aliphatic carbocycles. The number of benzene rings is 2. The van der Waals surface area contributed by atoms with Crippen LogP contribution >= 0.6 is 11.6 Å². The highest BCUT2D eigenvalue weighted by Gasteiger charge is 2.29. The topological polar surface area (TPSA) is 95.9 Å². The van der Waals surface area contributed by atoms with E-state index in [1.165, 1.54) is 24.3 Å². The van der Waals surface area contributed by atoms with Crippen LogP contribution in [0.3, 0.4) is 0 Å². The van der Waals surface area contributed by atoms with Gasteiger partial charge in [0.15, 0.2) is 0 Å². The van der Waals surface area contributed by atoms with Crippen molar-refractivity contribution in [2.45, 2.75) is 17.4 Å². The largest absolute Gasteiger partial charge is 0.457 e. The van der Waals surface area contributed by atoms with E-state index in [2.05, 4.69) is 4.72 Å². The van der Waals surface area contributed by atoms with Crippen LogP contribution in [0, 0.1) is 0 Å². The first-order valence-electron chi connectivity index (χ1n) is 8.06. The van der Waals surface area contributed by atoms with Gasteiger partial charge in [-0.05, 0) is 55.0 Å². The minimum absolute atomic E-state index is 0.0172. The fourth-order valence-electron chi connectivity index (χ4n) is 2.46. The third kappa shape index (κ3) is 4.86. The van der Waals surface area contributed by atoms with Crippen molar-refractivity contribution >= 4 is 27.5 Å². The van der Waals surface area contributed by atoms with E-state index in [0.717, 1.165) is 0 Å². The highest BCUT2D eigenvalue weighted by atomic mass is 35.5. The highest BCUT2D eigenvalue weighted by molar-refractivity contribution is 7.89. The van der Waals surface area contributed by atoms with Crippen molar-refractivity contribution in [1.29, 1.82) is 0 Å². The van der Waals surface area contributed by atoms with Gasteiger partial charge in [0, 0.05) is 5.02 Å². The SMILES string of the molecule is O=C1[C@@H](NS(=O)(=O)c2ccc(Oc3ccc(Cl)cc3)cc2)CC=CCN1O. The van der Waals surface area contributed by atoms with E-state index in [-0.39, 0.29) is 17.9 Å². The Bertz CT molecular complexity index is 943. The maximum absolute atomic E-state index is 12.5. The third-order valence-electron chi connectivity index (χ3n) is 3.85. The molecule has 1 aliphatic heterocycles. The predicted octanol–water partition coefficient (Wildman–Crippen LogP) is 2.96. The van der Waals surface area contributed by atoms with Crippen molar-refractivity contribution in [2.75, 3.05) is 6.54 Å². The molecule has 1 aliphatic rings. The quantitative estimate of drug-likeness (QED) is 0.585. The van der Waals surface area contributed by atoms with E-state index in [1.807, 2.05) is 0 Å². The number of carbonyl (C=O) groups excluding carboxylic acids is 1. The molecule has 3 rings (SSSR count). The van der Waals surface area contributed by atoms with Gasteiger partial charge in [-0.3, -0.25) is 10.0 Å². The van der Waals surface area contributed by atoms with E-state index >= 15 is 0 Å². The van der Waals surface area contributed by atoms with Crippen molar-refractivity contribution in [2.24, 2.45) is 0 Å². The zero-order chi connectivity index (χ0) is 19.4. The van der Waals surface area contributed by atoms with Crippen LogP contribution < -0.4 is 9.46 Å². The molecule has 7 nitrogen and oxygen atoms in total. The van der Waals surface area contributed by atoms with Gasteiger partial charge in [0.25, 0.3) is 5.91 Å². The molecule has 142 valence electrons. The molecule has 1 heterocycles. The van der Waals surface area contributed by atoms with Gasteiger partial charge in [0.2, 0.25) is 10.0 Å². The third-order valence-corrected chi connectivity index (χ3v) is 5.59. The summed E-state index contributed by atoms with van der Waals surface area (Å²) >= 11 is 5.82. The van der Waals surface area contributed by atoms with Crippen LogP contribution in [0.1, 0.15) is 6.42 Å². The second kappa shape index (κ2) is 8.10. The summed E-state index contributed by atoms with van der Waals surface area (Å²) in [5, 5.41) is 10.6. The summed E-state index contributed by atoms with van der Waals surface area (Å²) in [5.74, 6) is 0.310. The Morgan fingerprint density at radius 3 is 2.26 bits per heavy atom. The first-order chi connectivity index (χ1) is 12.8. The lowest BCUT2D eigenvalue weighted by molar-refractivity contribution is -0.164. The van der Waals surface area contributed by atoms with Crippen molar-refractivity contribution in [3.05, 3.63) is 65.7 Å². The standard InChI is InChI=1S/C18H17ClN2O5S/c19-13-4-6-14(7-5-13)26-15-8-10-16(11-9-15)27(24,25)20-17-3-1-2-12-21(23)18(17)22/h1-2,4-11,17,20,23H,3,12H2/t17-/m0/s1. The molecule has 1 amide bonds. The lowest BCUT2D eigenvalue weighted by atomic mass is 10.2. The molecular formula is C18H17ClN2O5S. The summed E-state index contributed by atoms with van der Waals surface area (Å²) in [7, 11) is -3.94. The number of carbonyl (C=O) groups is 1. The molecule has 0 spiro atoms. The molecule has 2 N–H and O–H groups in total. The van der Waals surface area contributed by atoms with Gasteiger partial charge in [0.05, 0.1) is 11.4 Å². The number of hydrogen-bond acceptors (Lipinski definition) is 5. The molecule has 2 aromatic rings. The van der Waals surface area contributed by atoms with Crippen molar-refractivity contribution in [3.63, 3.8) is 0 Å². The summed E-state index contributed by atoms with van der Waals surface area (Å²) in [5.41, 5.74) is 0. The summed E-state index contributed by atoms with van der Waals surface area (Å²) in [6, 6.07) is 11.5. The van der Waals surface area contributed by atoms with Crippen LogP contribution in [0.2, 0.25) is 5.02 Å². The number of nitrogens with one attached hydrogen (secondary N) is 1. The number of nitrogens with zero attached hydrogens (tertiary/aromatic N) is 1. The highest BCUT2D eigenvalue weighted by Crippen LogP contribution is 2.24. The average molecular weight is 409 g/mol. The lowest BCUT2D eigenvalue weighted by Gasteiger charge is -2.19. The Hall–Kier alpha value is -2.39. The minimum atomic E-state index is -3.94. The number of hydroxylamine groups is 2. The fraction of sp³-hybridized carbons (Fsp3) is 0.167. The molecule has 0 radical (unpaired) electrons. The number of halogens is 1. The van der Waals surface area contributed by atoms with Crippen molar-refractivity contribution in [1.82, 2.24) is 9.79 Å². The first kappa shape index (κ1) is 19.4. The summed E-state index contributed by atoms with van der Waals surface area (Å²) in [6.45, 7) is 0.0216. The van der Waals surface area contributed by atoms with E-state index in [1.54, 1.807) is 36.4 Å². The van der Waals surface area contributed by atoms with E-state index in [0.29, 0.717) is 21.6 Å². The van der Waals surface area contributed by atoms with Crippen LogP contribution in [-0.2, 0) is 14.8 Å². The number of sulfonamides is 1. The average Bonchev–Trinajstić information content (AvgIpc) is 2.80. The molecule has 2 aromatic carbocycles. The molecule has 1 atom stereocenters. The molecule has 0 aromatic heterocycles. The van der Waals surface area contributed by atoms with Crippen LogP contribution in [0.4, 0.5) is 0 Å². The molecule has 0 unspecified atom stereocenters. The van der Waals surface area contributed by atoms with Gasteiger partial charge in [0.1, 0.15) is 17.5 Å². The van der Waals surface area contributed by atoms with Gasteiger partial charge in [-0.1, -0.05) is 23.8 Å². The van der Waals surface area contributed by atoms with Crippen molar-refractivity contribution in [3.8, 4) is 11.5 Å². The number of hydrogen-bond donors (Lipinski definition) is 2. The maximum Gasteiger partial charge on any atom is 0.264 e.